The molecule has 1 aromatic carbocycles. The highest BCUT2D eigenvalue weighted by Gasteiger charge is 2.25. The lowest BCUT2D eigenvalue weighted by Crippen LogP contribution is -2.49. The van der Waals surface area contributed by atoms with Gasteiger partial charge in [0.15, 0.2) is 5.89 Å². The van der Waals surface area contributed by atoms with Gasteiger partial charge in [-0.25, -0.2) is 9.97 Å². The maximum absolute atomic E-state index is 12.7. The fourth-order valence-corrected chi connectivity index (χ4v) is 4.36. The molecule has 0 saturated carbocycles. The zero-order chi connectivity index (χ0) is 20.4. The Bertz CT molecular complexity index is 1100. The minimum atomic E-state index is 0.0940. The van der Waals surface area contributed by atoms with E-state index in [4.69, 9.17) is 4.42 Å². The molecule has 1 fully saturated rings. The Hall–Kier alpha value is -3.05. The van der Waals surface area contributed by atoms with E-state index in [1.54, 1.807) is 6.92 Å². The number of piperazine rings is 1. The number of hydrogen-bond acceptors (Lipinski definition) is 7. The van der Waals surface area contributed by atoms with Crippen LogP contribution in [0.25, 0.3) is 10.9 Å². The lowest BCUT2D eigenvalue weighted by Gasteiger charge is -2.34. The van der Waals surface area contributed by atoms with Gasteiger partial charge in [0.2, 0.25) is 17.5 Å². The fraction of sp³-hybridized carbons (Fsp3) is 0.333. The van der Waals surface area contributed by atoms with Gasteiger partial charge in [0, 0.05) is 38.5 Å². The van der Waals surface area contributed by atoms with Crippen molar-refractivity contribution < 1.29 is 9.21 Å². The molecular weight excluding hydrogens is 386 g/mol. The molecule has 3 aromatic rings. The van der Waals surface area contributed by atoms with Gasteiger partial charge in [-0.2, -0.15) is 5.26 Å². The number of nitriles is 1. The lowest BCUT2D eigenvalue weighted by atomic mass is 10.1. The smallest absolute Gasteiger partial charge is 0.234 e. The van der Waals surface area contributed by atoms with E-state index in [0.717, 1.165) is 21.5 Å². The Morgan fingerprint density at radius 2 is 1.97 bits per heavy atom. The van der Waals surface area contributed by atoms with Crippen molar-refractivity contribution in [2.75, 3.05) is 36.8 Å². The van der Waals surface area contributed by atoms with Crippen LogP contribution in [-0.4, -0.2) is 52.7 Å². The van der Waals surface area contributed by atoms with Gasteiger partial charge < -0.3 is 14.2 Å². The van der Waals surface area contributed by atoms with E-state index in [-0.39, 0.29) is 5.91 Å². The number of anilines is 1. The van der Waals surface area contributed by atoms with Crippen LogP contribution < -0.4 is 4.90 Å². The van der Waals surface area contributed by atoms with E-state index >= 15 is 0 Å². The summed E-state index contributed by atoms with van der Waals surface area (Å²) in [4.78, 5) is 25.2. The topological polar surface area (TPSA) is 86.3 Å². The number of carbonyl (C=O) groups is 1. The Balaban J connectivity index is 1.35. The van der Waals surface area contributed by atoms with Crippen LogP contribution in [0.5, 0.6) is 0 Å². The second-order valence-corrected chi connectivity index (χ2v) is 7.95. The quantitative estimate of drug-likeness (QED) is 0.614. The Labute approximate surface area is 173 Å². The summed E-state index contributed by atoms with van der Waals surface area (Å²) in [6, 6.07) is 12.1. The van der Waals surface area contributed by atoms with Gasteiger partial charge in [0.05, 0.1) is 16.3 Å². The average Bonchev–Trinajstić information content (AvgIpc) is 3.13. The maximum Gasteiger partial charge on any atom is 0.234 e. The predicted octanol–water partition coefficient (Wildman–Crippen LogP) is 3.15. The van der Waals surface area contributed by atoms with Gasteiger partial charge in [-0.15, -0.1) is 0 Å². The first-order chi connectivity index (χ1) is 14.0. The monoisotopic (exact) mass is 407 g/mol. The maximum atomic E-state index is 12.7. The molecule has 0 atom stereocenters. The third-order valence-corrected chi connectivity index (χ3v) is 5.88. The summed E-state index contributed by atoms with van der Waals surface area (Å²) in [7, 11) is 0. The number of hydrogen-bond donors (Lipinski definition) is 0. The SMILES string of the molecule is Cc1nc(C#N)c(N2CCN(C(=O)CSc3cc(C)c4ccccc4n3)CC2)o1. The van der Waals surface area contributed by atoms with E-state index in [0.29, 0.717) is 49.4 Å². The van der Waals surface area contributed by atoms with Crippen LogP contribution in [0.2, 0.25) is 0 Å². The van der Waals surface area contributed by atoms with Crippen molar-refractivity contribution >= 4 is 34.5 Å². The summed E-state index contributed by atoms with van der Waals surface area (Å²) in [6.45, 7) is 6.21. The molecule has 7 nitrogen and oxygen atoms in total. The van der Waals surface area contributed by atoms with E-state index in [2.05, 4.69) is 29.0 Å². The zero-order valence-corrected chi connectivity index (χ0v) is 17.2. The Morgan fingerprint density at radius 3 is 2.72 bits per heavy atom. The number of oxazole rings is 1. The average molecular weight is 407 g/mol. The second-order valence-electron chi connectivity index (χ2n) is 6.95. The summed E-state index contributed by atoms with van der Waals surface area (Å²) in [6.07, 6.45) is 0. The molecule has 2 aromatic heterocycles. The van der Waals surface area contributed by atoms with Gasteiger partial charge in [-0.05, 0) is 24.6 Å². The number of nitrogens with zero attached hydrogens (tertiary/aromatic N) is 5. The molecule has 0 bridgehead atoms. The number of rotatable bonds is 4. The number of fused-ring (bicyclic) bond motifs is 1. The fourth-order valence-electron chi connectivity index (χ4n) is 3.48. The largest absolute Gasteiger partial charge is 0.424 e. The summed E-state index contributed by atoms with van der Waals surface area (Å²) >= 11 is 1.47. The first-order valence-electron chi connectivity index (χ1n) is 9.44. The molecule has 3 heterocycles. The van der Waals surface area contributed by atoms with E-state index in [1.807, 2.05) is 34.1 Å². The number of aromatic nitrogens is 2. The van der Waals surface area contributed by atoms with E-state index in [1.165, 1.54) is 11.8 Å². The third kappa shape index (κ3) is 4.05. The van der Waals surface area contributed by atoms with Crippen molar-refractivity contribution in [3.8, 4) is 6.07 Å². The summed E-state index contributed by atoms with van der Waals surface area (Å²) in [5, 5.41) is 11.2. The van der Waals surface area contributed by atoms with Crippen molar-refractivity contribution in [2.24, 2.45) is 0 Å². The van der Waals surface area contributed by atoms with Crippen LogP contribution in [-0.2, 0) is 4.79 Å². The number of thioether (sulfide) groups is 1. The molecule has 148 valence electrons. The van der Waals surface area contributed by atoms with Crippen LogP contribution in [0.3, 0.4) is 0 Å². The first-order valence-corrected chi connectivity index (χ1v) is 10.4. The van der Waals surface area contributed by atoms with Crippen molar-refractivity contribution in [1.29, 1.82) is 5.26 Å². The number of benzene rings is 1. The van der Waals surface area contributed by atoms with Gasteiger partial charge >= 0.3 is 0 Å². The molecule has 0 unspecified atom stereocenters. The minimum absolute atomic E-state index is 0.0940. The number of carbonyl (C=O) groups excluding carboxylic acids is 1. The zero-order valence-electron chi connectivity index (χ0n) is 16.4. The molecule has 0 aliphatic carbocycles. The van der Waals surface area contributed by atoms with Crippen LogP contribution in [0.15, 0.2) is 39.8 Å². The van der Waals surface area contributed by atoms with Crippen molar-refractivity contribution in [1.82, 2.24) is 14.9 Å². The summed E-state index contributed by atoms with van der Waals surface area (Å²) < 4.78 is 5.57. The third-order valence-electron chi connectivity index (χ3n) is 4.98. The first kappa shape index (κ1) is 19.3. The second kappa shape index (κ2) is 8.13. The standard InChI is InChI=1S/C21H21N5O2S/c1-14-11-19(24-17-6-4-3-5-16(14)17)29-13-20(27)25-7-9-26(10-8-25)21-18(12-22)23-15(2)28-21/h3-6,11H,7-10,13H2,1-2H3. The number of amides is 1. The molecular formula is C21H21N5O2S. The molecule has 0 radical (unpaired) electrons. The molecule has 1 saturated heterocycles. The van der Waals surface area contributed by atoms with Gasteiger partial charge in [0.1, 0.15) is 6.07 Å². The number of para-hydroxylation sites is 1. The highest BCUT2D eigenvalue weighted by atomic mass is 32.2. The summed E-state index contributed by atoms with van der Waals surface area (Å²) in [5.74, 6) is 1.43. The molecule has 1 amide bonds. The molecule has 0 N–H and O–H groups in total. The van der Waals surface area contributed by atoms with E-state index in [9.17, 15) is 10.1 Å². The molecule has 1 aliphatic rings. The van der Waals surface area contributed by atoms with Crippen molar-refractivity contribution in [3.05, 3.63) is 47.5 Å². The number of pyridine rings is 1. The van der Waals surface area contributed by atoms with Gasteiger partial charge in [-0.1, -0.05) is 30.0 Å². The predicted molar refractivity (Wildman–Crippen MR) is 112 cm³/mol. The van der Waals surface area contributed by atoms with Crippen LogP contribution >= 0.6 is 11.8 Å². The number of aryl methyl sites for hydroxylation is 2. The molecule has 0 spiro atoms. The normalized spacial score (nSPS) is 14.2. The van der Waals surface area contributed by atoms with Crippen LogP contribution in [0.1, 0.15) is 17.1 Å². The van der Waals surface area contributed by atoms with Crippen LogP contribution in [0, 0.1) is 25.2 Å². The Morgan fingerprint density at radius 1 is 1.21 bits per heavy atom. The van der Waals surface area contributed by atoms with Gasteiger partial charge in [-0.3, -0.25) is 4.79 Å². The highest BCUT2D eigenvalue weighted by Crippen LogP contribution is 2.25. The Kier molecular flexibility index (Phi) is 5.41. The van der Waals surface area contributed by atoms with Crippen molar-refractivity contribution in [2.45, 2.75) is 18.9 Å². The summed E-state index contributed by atoms with van der Waals surface area (Å²) in [5.41, 5.74) is 2.41. The lowest BCUT2D eigenvalue weighted by molar-refractivity contribution is -0.128. The van der Waals surface area contributed by atoms with Gasteiger partial charge in [0.25, 0.3) is 0 Å². The van der Waals surface area contributed by atoms with Crippen LogP contribution in [0.4, 0.5) is 5.88 Å². The molecule has 29 heavy (non-hydrogen) atoms. The minimum Gasteiger partial charge on any atom is -0.424 e. The highest BCUT2D eigenvalue weighted by molar-refractivity contribution is 7.99. The van der Waals surface area contributed by atoms with E-state index < -0.39 is 0 Å². The molecule has 1 aliphatic heterocycles. The molecule has 8 heteroatoms. The van der Waals surface area contributed by atoms with Crippen molar-refractivity contribution in [3.63, 3.8) is 0 Å². The molecule has 4 rings (SSSR count).